The van der Waals surface area contributed by atoms with Crippen molar-refractivity contribution in [1.82, 2.24) is 0 Å². The van der Waals surface area contributed by atoms with Crippen LogP contribution >= 0.6 is 15.9 Å². The molecule has 0 bridgehead atoms. The first kappa shape index (κ1) is 19.3. The third-order valence-electron chi connectivity index (χ3n) is 3.66. The van der Waals surface area contributed by atoms with E-state index in [0.29, 0.717) is 12.3 Å². The monoisotopic (exact) mass is 405 g/mol. The van der Waals surface area contributed by atoms with Gasteiger partial charge in [0, 0.05) is 16.2 Å². The molecule has 0 fully saturated rings. The molecule has 0 aliphatic carbocycles. The van der Waals surface area contributed by atoms with Crippen LogP contribution < -0.4 is 14.8 Å². The highest BCUT2D eigenvalue weighted by atomic mass is 79.9. The van der Waals surface area contributed by atoms with E-state index in [1.54, 1.807) is 6.92 Å². The number of rotatable bonds is 7. The Kier molecular flexibility index (Phi) is 6.88. The highest BCUT2D eigenvalue weighted by Crippen LogP contribution is 2.28. The molecule has 0 saturated carbocycles. The van der Waals surface area contributed by atoms with E-state index in [-0.39, 0.29) is 5.91 Å². The summed E-state index contributed by atoms with van der Waals surface area (Å²) < 4.78 is 12.5. The van der Waals surface area contributed by atoms with Crippen LogP contribution in [0.15, 0.2) is 40.9 Å². The van der Waals surface area contributed by atoms with Crippen LogP contribution in [-0.4, -0.2) is 18.6 Å². The van der Waals surface area contributed by atoms with Crippen molar-refractivity contribution in [3.8, 4) is 11.5 Å². The second-order valence-corrected chi connectivity index (χ2v) is 6.91. The summed E-state index contributed by atoms with van der Waals surface area (Å²) in [5.41, 5.74) is 2.67. The average molecular weight is 406 g/mol. The second-order valence-electron chi connectivity index (χ2n) is 5.99. The number of amides is 1. The second kappa shape index (κ2) is 8.90. The Labute approximate surface area is 157 Å². The highest BCUT2D eigenvalue weighted by molar-refractivity contribution is 9.10. The molecule has 4 nitrogen and oxygen atoms in total. The number of ether oxygens (including phenoxy) is 2. The zero-order chi connectivity index (χ0) is 18.4. The molecule has 2 aromatic rings. The molecule has 0 aliphatic heterocycles. The molecule has 0 saturated heterocycles. The maximum absolute atomic E-state index is 12.4. The molecule has 1 amide bonds. The fourth-order valence-corrected chi connectivity index (χ4v) is 3.13. The van der Waals surface area contributed by atoms with Gasteiger partial charge in [-0.2, -0.15) is 0 Å². The van der Waals surface area contributed by atoms with Crippen molar-refractivity contribution in [2.24, 2.45) is 0 Å². The van der Waals surface area contributed by atoms with E-state index in [1.807, 2.05) is 50.2 Å². The third kappa shape index (κ3) is 5.49. The Morgan fingerprint density at radius 3 is 2.52 bits per heavy atom. The summed E-state index contributed by atoms with van der Waals surface area (Å²) in [4.78, 5) is 12.4. The van der Waals surface area contributed by atoms with Gasteiger partial charge in [-0.15, -0.1) is 0 Å². The van der Waals surface area contributed by atoms with Crippen LogP contribution in [0.2, 0.25) is 0 Å². The number of hydrogen-bond donors (Lipinski definition) is 1. The van der Waals surface area contributed by atoms with Gasteiger partial charge in [0.05, 0.1) is 6.61 Å². The van der Waals surface area contributed by atoms with E-state index in [4.69, 9.17) is 9.47 Å². The minimum Gasteiger partial charge on any atom is -0.494 e. The topological polar surface area (TPSA) is 47.6 Å². The van der Waals surface area contributed by atoms with Crippen molar-refractivity contribution >= 4 is 27.5 Å². The van der Waals surface area contributed by atoms with Gasteiger partial charge < -0.3 is 14.8 Å². The molecule has 0 aromatic heterocycles. The van der Waals surface area contributed by atoms with Gasteiger partial charge in [0.1, 0.15) is 11.5 Å². The lowest BCUT2D eigenvalue weighted by atomic mass is 10.1. The van der Waals surface area contributed by atoms with Crippen molar-refractivity contribution < 1.29 is 14.3 Å². The zero-order valence-electron chi connectivity index (χ0n) is 15.1. The molecule has 1 N–H and O–H groups in total. The van der Waals surface area contributed by atoms with Crippen molar-refractivity contribution in [2.75, 3.05) is 11.9 Å². The molecule has 0 spiro atoms. The molecular weight excluding hydrogens is 382 g/mol. The van der Waals surface area contributed by atoms with Gasteiger partial charge in [0.2, 0.25) is 0 Å². The quantitative estimate of drug-likeness (QED) is 0.682. The first-order valence-corrected chi connectivity index (χ1v) is 9.17. The van der Waals surface area contributed by atoms with Crippen molar-refractivity contribution in [2.45, 2.75) is 40.2 Å². The summed E-state index contributed by atoms with van der Waals surface area (Å²) in [5.74, 6) is 1.29. The molecule has 134 valence electrons. The van der Waals surface area contributed by atoms with E-state index in [1.165, 1.54) is 0 Å². The fraction of sp³-hybridized carbons (Fsp3) is 0.350. The number of benzene rings is 2. The summed E-state index contributed by atoms with van der Waals surface area (Å²) in [5, 5.41) is 2.88. The van der Waals surface area contributed by atoms with E-state index < -0.39 is 6.10 Å². The normalized spacial score (nSPS) is 11.7. The number of hydrogen-bond acceptors (Lipinski definition) is 3. The molecule has 1 atom stereocenters. The van der Waals surface area contributed by atoms with E-state index >= 15 is 0 Å². The summed E-state index contributed by atoms with van der Waals surface area (Å²) in [6, 6.07) is 11.3. The van der Waals surface area contributed by atoms with Crippen LogP contribution in [0.3, 0.4) is 0 Å². The van der Waals surface area contributed by atoms with Crippen molar-refractivity contribution in [3.05, 3.63) is 52.0 Å². The van der Waals surface area contributed by atoms with E-state index in [9.17, 15) is 4.79 Å². The van der Waals surface area contributed by atoms with Crippen LogP contribution in [0.4, 0.5) is 5.69 Å². The van der Waals surface area contributed by atoms with Crippen molar-refractivity contribution in [1.29, 1.82) is 0 Å². The van der Waals surface area contributed by atoms with Gasteiger partial charge in [-0.25, -0.2) is 0 Å². The Bertz CT molecular complexity index is 722. The van der Waals surface area contributed by atoms with Gasteiger partial charge >= 0.3 is 0 Å². The van der Waals surface area contributed by atoms with Crippen LogP contribution in [-0.2, 0) is 4.79 Å². The number of anilines is 1. The number of carbonyl (C=O) groups excluding carboxylic acids is 1. The molecule has 2 rings (SSSR count). The molecule has 0 heterocycles. The van der Waals surface area contributed by atoms with Gasteiger partial charge in [-0.05, 0) is 62.6 Å². The Morgan fingerprint density at radius 2 is 1.88 bits per heavy atom. The van der Waals surface area contributed by atoms with Crippen LogP contribution in [0.1, 0.15) is 31.4 Å². The molecule has 1 unspecified atom stereocenters. The van der Waals surface area contributed by atoms with Gasteiger partial charge in [0.15, 0.2) is 6.10 Å². The van der Waals surface area contributed by atoms with Crippen molar-refractivity contribution in [3.63, 3.8) is 0 Å². The summed E-state index contributed by atoms with van der Waals surface area (Å²) in [6.07, 6.45) is 0.326. The largest absolute Gasteiger partial charge is 0.494 e. The minimum absolute atomic E-state index is 0.200. The van der Waals surface area contributed by atoms with Crippen LogP contribution in [0.5, 0.6) is 11.5 Å². The van der Waals surface area contributed by atoms with Crippen LogP contribution in [0.25, 0.3) is 0 Å². The number of carbonyl (C=O) groups is 1. The van der Waals surface area contributed by atoms with E-state index in [2.05, 4.69) is 28.2 Å². The van der Waals surface area contributed by atoms with Gasteiger partial charge in [-0.1, -0.05) is 28.9 Å². The molecule has 2 aromatic carbocycles. The van der Waals surface area contributed by atoms with Gasteiger partial charge in [-0.3, -0.25) is 4.79 Å². The van der Waals surface area contributed by atoms with Crippen LogP contribution in [0, 0.1) is 13.8 Å². The SMILES string of the molecule is CCCOc1cccc(NC(=O)C(C)Oc2c(C)cc(Br)cc2C)c1. The fourth-order valence-electron chi connectivity index (χ4n) is 2.44. The number of nitrogens with one attached hydrogen (secondary N) is 1. The predicted octanol–water partition coefficient (Wildman–Crippen LogP) is 5.26. The summed E-state index contributed by atoms with van der Waals surface area (Å²) in [6.45, 7) is 8.38. The zero-order valence-corrected chi connectivity index (χ0v) is 16.6. The average Bonchev–Trinajstić information content (AvgIpc) is 2.56. The smallest absolute Gasteiger partial charge is 0.265 e. The number of halogens is 1. The molecule has 0 aliphatic rings. The molecular formula is C20H24BrNO3. The lowest BCUT2D eigenvalue weighted by Crippen LogP contribution is -2.30. The Morgan fingerprint density at radius 1 is 1.20 bits per heavy atom. The maximum Gasteiger partial charge on any atom is 0.265 e. The first-order chi connectivity index (χ1) is 11.9. The summed E-state index contributed by atoms with van der Waals surface area (Å²) in [7, 11) is 0. The Balaban J connectivity index is 2.03. The van der Waals surface area contributed by atoms with Gasteiger partial charge in [0.25, 0.3) is 5.91 Å². The third-order valence-corrected chi connectivity index (χ3v) is 4.12. The molecule has 25 heavy (non-hydrogen) atoms. The molecule has 5 heteroatoms. The molecule has 0 radical (unpaired) electrons. The number of aryl methyl sites for hydroxylation is 2. The highest BCUT2D eigenvalue weighted by Gasteiger charge is 2.17. The minimum atomic E-state index is -0.612. The standard InChI is InChI=1S/C20H24BrNO3/c1-5-9-24-18-8-6-7-17(12-18)22-20(23)15(4)25-19-13(2)10-16(21)11-14(19)3/h6-8,10-12,15H,5,9H2,1-4H3,(H,22,23). The summed E-state index contributed by atoms with van der Waals surface area (Å²) >= 11 is 3.46. The lowest BCUT2D eigenvalue weighted by Gasteiger charge is -2.18. The first-order valence-electron chi connectivity index (χ1n) is 8.37. The van der Waals surface area contributed by atoms with E-state index in [0.717, 1.165) is 33.5 Å². The predicted molar refractivity (Wildman–Crippen MR) is 105 cm³/mol. The lowest BCUT2D eigenvalue weighted by molar-refractivity contribution is -0.122. The maximum atomic E-state index is 12.4. The Hall–Kier alpha value is -2.01.